The molecule has 1 N–H and O–H groups in total. The van der Waals surface area contributed by atoms with Crippen molar-refractivity contribution in [1.82, 2.24) is 4.90 Å². The number of anilines is 2. The Morgan fingerprint density at radius 2 is 1.78 bits per heavy atom. The maximum absolute atomic E-state index is 12.9. The molecule has 0 saturated carbocycles. The van der Waals surface area contributed by atoms with Crippen LogP contribution in [0.5, 0.6) is 0 Å². The summed E-state index contributed by atoms with van der Waals surface area (Å²) in [5, 5.41) is 3.29. The standard InChI is InChI=1S/C22H22N4O4S2/c27-20(23-17-6-4-5-16(13-17)21(28)25-9-2-1-3-10-25)15-7-8-18-19(14-15)31-22-24-32(29,30)12-11-26(18)22/h4-8,13-14H,1-3,9-12H2,(H,23,27). The van der Waals surface area contributed by atoms with E-state index in [-0.39, 0.29) is 17.6 Å². The lowest BCUT2D eigenvalue weighted by molar-refractivity contribution is 0.0724. The summed E-state index contributed by atoms with van der Waals surface area (Å²) in [7, 11) is -3.43. The highest BCUT2D eigenvalue weighted by molar-refractivity contribution is 8.15. The van der Waals surface area contributed by atoms with Crippen LogP contribution in [0.3, 0.4) is 0 Å². The average molecular weight is 471 g/mol. The molecule has 3 aliphatic heterocycles. The van der Waals surface area contributed by atoms with Crippen molar-refractivity contribution in [2.75, 3.05) is 35.6 Å². The van der Waals surface area contributed by atoms with Crippen LogP contribution in [0.25, 0.3) is 0 Å². The topological polar surface area (TPSA) is 99.1 Å². The van der Waals surface area contributed by atoms with E-state index in [1.165, 1.54) is 11.8 Å². The van der Waals surface area contributed by atoms with Crippen LogP contribution in [0.15, 0.2) is 51.8 Å². The average Bonchev–Trinajstić information content (AvgIpc) is 3.14. The molecular formula is C22H22N4O4S2. The summed E-state index contributed by atoms with van der Waals surface area (Å²) >= 11 is 1.25. The number of hydrogen-bond donors (Lipinski definition) is 1. The molecule has 166 valence electrons. The van der Waals surface area contributed by atoms with Crippen molar-refractivity contribution in [2.45, 2.75) is 24.2 Å². The summed E-state index contributed by atoms with van der Waals surface area (Å²) in [6.45, 7) is 1.89. The summed E-state index contributed by atoms with van der Waals surface area (Å²) in [6.07, 6.45) is 3.20. The van der Waals surface area contributed by atoms with Crippen LogP contribution >= 0.6 is 11.8 Å². The maximum Gasteiger partial charge on any atom is 0.257 e. The van der Waals surface area contributed by atoms with Gasteiger partial charge in [0.05, 0.1) is 11.4 Å². The minimum atomic E-state index is -3.43. The third kappa shape index (κ3) is 4.12. The minimum absolute atomic E-state index is 0.0119. The monoisotopic (exact) mass is 470 g/mol. The number of nitrogens with zero attached hydrogens (tertiary/aromatic N) is 3. The molecule has 0 unspecified atom stereocenters. The molecule has 2 amide bonds. The lowest BCUT2D eigenvalue weighted by Gasteiger charge is -2.26. The number of amidine groups is 1. The Balaban J connectivity index is 1.32. The van der Waals surface area contributed by atoms with E-state index < -0.39 is 10.0 Å². The molecule has 10 heteroatoms. The fraction of sp³-hybridized carbons (Fsp3) is 0.318. The minimum Gasteiger partial charge on any atom is -0.339 e. The normalized spacial score (nSPS) is 19.1. The highest BCUT2D eigenvalue weighted by atomic mass is 32.2. The van der Waals surface area contributed by atoms with Crippen LogP contribution in [0.1, 0.15) is 40.0 Å². The van der Waals surface area contributed by atoms with Gasteiger partial charge in [-0.2, -0.15) is 0 Å². The lowest BCUT2D eigenvalue weighted by atomic mass is 10.1. The molecule has 1 fully saturated rings. The SMILES string of the molecule is O=C(Nc1cccc(C(=O)N2CCCCC2)c1)c1ccc2c(c1)SC1=NS(=O)(=O)CCN12. The lowest BCUT2D eigenvalue weighted by Crippen LogP contribution is -2.35. The predicted molar refractivity (Wildman–Crippen MR) is 125 cm³/mol. The summed E-state index contributed by atoms with van der Waals surface area (Å²) in [5.74, 6) is -0.330. The van der Waals surface area contributed by atoms with Gasteiger partial charge in [0.25, 0.3) is 21.8 Å². The largest absolute Gasteiger partial charge is 0.339 e. The smallest absolute Gasteiger partial charge is 0.257 e. The number of hydrogen-bond acceptors (Lipinski definition) is 6. The molecule has 0 radical (unpaired) electrons. The van der Waals surface area contributed by atoms with Crippen LogP contribution in [-0.4, -0.2) is 55.7 Å². The first-order valence-electron chi connectivity index (χ1n) is 10.5. The van der Waals surface area contributed by atoms with Gasteiger partial charge in [-0.05, 0) is 67.4 Å². The second-order valence-electron chi connectivity index (χ2n) is 7.98. The highest BCUT2D eigenvalue weighted by Gasteiger charge is 2.33. The summed E-state index contributed by atoms with van der Waals surface area (Å²) in [5.41, 5.74) is 2.42. The number of benzene rings is 2. The third-order valence-electron chi connectivity index (χ3n) is 5.75. The molecule has 3 aliphatic rings. The van der Waals surface area contributed by atoms with E-state index in [0.29, 0.717) is 28.5 Å². The summed E-state index contributed by atoms with van der Waals surface area (Å²) in [4.78, 5) is 30.1. The molecule has 5 rings (SSSR count). The number of carbonyl (C=O) groups excluding carboxylic acids is 2. The van der Waals surface area contributed by atoms with Gasteiger partial charge in [-0.15, -0.1) is 4.40 Å². The van der Waals surface area contributed by atoms with E-state index in [1.54, 1.807) is 36.4 Å². The number of amides is 2. The van der Waals surface area contributed by atoms with E-state index in [0.717, 1.165) is 42.9 Å². The molecule has 0 aliphatic carbocycles. The highest BCUT2D eigenvalue weighted by Crippen LogP contribution is 2.42. The Kier molecular flexibility index (Phi) is 5.42. The Labute approximate surface area is 190 Å². The van der Waals surface area contributed by atoms with Crippen molar-refractivity contribution >= 4 is 50.1 Å². The molecule has 8 nitrogen and oxygen atoms in total. The number of fused-ring (bicyclic) bond motifs is 3. The molecule has 0 bridgehead atoms. The molecule has 1 saturated heterocycles. The van der Waals surface area contributed by atoms with E-state index in [1.807, 2.05) is 15.9 Å². The van der Waals surface area contributed by atoms with Gasteiger partial charge < -0.3 is 15.1 Å². The van der Waals surface area contributed by atoms with Gasteiger partial charge in [0, 0.05) is 41.3 Å². The zero-order chi connectivity index (χ0) is 22.3. The van der Waals surface area contributed by atoms with Gasteiger partial charge in [0.2, 0.25) is 0 Å². The van der Waals surface area contributed by atoms with Crippen molar-refractivity contribution in [3.05, 3.63) is 53.6 Å². The second-order valence-corrected chi connectivity index (χ2v) is 10.7. The molecule has 0 aromatic heterocycles. The Hall–Kier alpha value is -2.85. The van der Waals surface area contributed by atoms with Crippen LogP contribution < -0.4 is 10.2 Å². The second kappa shape index (κ2) is 8.25. The number of thioether (sulfide) groups is 1. The summed E-state index contributed by atoms with van der Waals surface area (Å²) < 4.78 is 27.4. The third-order valence-corrected chi connectivity index (χ3v) is 8.05. The molecule has 2 aromatic rings. The van der Waals surface area contributed by atoms with Gasteiger partial charge in [0.1, 0.15) is 0 Å². The molecular weight excluding hydrogens is 448 g/mol. The molecule has 3 heterocycles. The van der Waals surface area contributed by atoms with Crippen molar-refractivity contribution in [3.63, 3.8) is 0 Å². The van der Waals surface area contributed by atoms with Gasteiger partial charge >= 0.3 is 0 Å². The zero-order valence-electron chi connectivity index (χ0n) is 17.3. The van der Waals surface area contributed by atoms with Gasteiger partial charge in [0.15, 0.2) is 5.17 Å². The maximum atomic E-state index is 12.9. The van der Waals surface area contributed by atoms with Gasteiger partial charge in [-0.1, -0.05) is 6.07 Å². The van der Waals surface area contributed by atoms with Gasteiger partial charge in [-0.25, -0.2) is 8.42 Å². The zero-order valence-corrected chi connectivity index (χ0v) is 18.9. The Morgan fingerprint density at radius 3 is 2.59 bits per heavy atom. The van der Waals surface area contributed by atoms with Crippen molar-refractivity contribution in [2.24, 2.45) is 4.40 Å². The van der Waals surface area contributed by atoms with Crippen LogP contribution in [0.4, 0.5) is 11.4 Å². The number of rotatable bonds is 3. The molecule has 32 heavy (non-hydrogen) atoms. The summed E-state index contributed by atoms with van der Waals surface area (Å²) in [6, 6.07) is 12.3. The first kappa shape index (κ1) is 21.0. The molecule has 0 spiro atoms. The van der Waals surface area contributed by atoms with E-state index in [9.17, 15) is 18.0 Å². The molecule has 2 aromatic carbocycles. The Bertz CT molecular complexity index is 1240. The van der Waals surface area contributed by atoms with Gasteiger partial charge in [-0.3, -0.25) is 9.59 Å². The van der Waals surface area contributed by atoms with E-state index in [4.69, 9.17) is 0 Å². The van der Waals surface area contributed by atoms with Crippen LogP contribution in [0.2, 0.25) is 0 Å². The number of nitrogens with one attached hydrogen (secondary N) is 1. The number of carbonyl (C=O) groups is 2. The first-order chi connectivity index (χ1) is 15.4. The fourth-order valence-electron chi connectivity index (χ4n) is 4.08. The number of sulfonamides is 1. The van der Waals surface area contributed by atoms with Crippen molar-refractivity contribution in [1.29, 1.82) is 0 Å². The van der Waals surface area contributed by atoms with Crippen LogP contribution in [-0.2, 0) is 10.0 Å². The quantitative estimate of drug-likeness (QED) is 0.740. The van der Waals surface area contributed by atoms with Crippen molar-refractivity contribution in [3.8, 4) is 0 Å². The fourth-order valence-corrected chi connectivity index (χ4v) is 6.38. The molecule has 0 atom stereocenters. The first-order valence-corrected chi connectivity index (χ1v) is 12.9. The van der Waals surface area contributed by atoms with Crippen LogP contribution in [0, 0.1) is 0 Å². The number of piperidine rings is 1. The van der Waals surface area contributed by atoms with Crippen molar-refractivity contribution < 1.29 is 18.0 Å². The van der Waals surface area contributed by atoms with E-state index >= 15 is 0 Å². The Morgan fingerprint density at radius 1 is 0.969 bits per heavy atom. The predicted octanol–water partition coefficient (Wildman–Crippen LogP) is 3.18. The van der Waals surface area contributed by atoms with E-state index in [2.05, 4.69) is 9.71 Å². The number of likely N-dealkylation sites (tertiary alicyclic amines) is 1.